The molecule has 1 rings (SSSR count). The van der Waals surface area contributed by atoms with E-state index in [2.05, 4.69) is 10.1 Å². The summed E-state index contributed by atoms with van der Waals surface area (Å²) in [6.07, 6.45) is 1.94. The summed E-state index contributed by atoms with van der Waals surface area (Å²) in [4.78, 5) is 10.6. The van der Waals surface area contributed by atoms with Gasteiger partial charge in [0.15, 0.2) is 0 Å². The zero-order chi connectivity index (χ0) is 8.27. The van der Waals surface area contributed by atoms with Crippen molar-refractivity contribution in [3.05, 3.63) is 0 Å². The molecular formula is C7H14N2O2. The molecule has 0 atom stereocenters. The molecule has 1 aliphatic rings. The molecule has 3 N–H and O–H groups in total. The van der Waals surface area contributed by atoms with E-state index in [1.54, 1.807) is 0 Å². The highest BCUT2D eigenvalue weighted by Crippen LogP contribution is 2.16. The van der Waals surface area contributed by atoms with Crippen molar-refractivity contribution < 1.29 is 9.53 Å². The lowest BCUT2D eigenvalue weighted by Gasteiger charge is -2.32. The molecule has 0 aromatic heterocycles. The molecule has 0 aromatic rings. The second-order valence-electron chi connectivity index (χ2n) is 2.89. The predicted molar refractivity (Wildman–Crippen MR) is 41.0 cm³/mol. The summed E-state index contributed by atoms with van der Waals surface area (Å²) in [6.45, 7) is 0.299. The minimum Gasteiger partial charge on any atom is -0.468 e. The zero-order valence-corrected chi connectivity index (χ0v) is 6.67. The van der Waals surface area contributed by atoms with Gasteiger partial charge in [-0.15, -0.1) is 0 Å². The molecule has 0 amide bonds. The second kappa shape index (κ2) is 3.69. The quantitative estimate of drug-likeness (QED) is 0.530. The number of esters is 1. The maximum Gasteiger partial charge on any atom is 0.319 e. The van der Waals surface area contributed by atoms with Crippen molar-refractivity contribution >= 4 is 5.97 Å². The van der Waals surface area contributed by atoms with Crippen molar-refractivity contribution in [2.24, 2.45) is 5.73 Å². The summed E-state index contributed by atoms with van der Waals surface area (Å²) in [5.74, 6) is -0.217. The van der Waals surface area contributed by atoms with Crippen LogP contribution >= 0.6 is 0 Å². The second-order valence-corrected chi connectivity index (χ2v) is 2.89. The molecule has 0 saturated heterocycles. The Balaban J connectivity index is 2.00. The van der Waals surface area contributed by atoms with Crippen LogP contribution < -0.4 is 11.1 Å². The highest BCUT2D eigenvalue weighted by Gasteiger charge is 2.25. The van der Waals surface area contributed by atoms with Gasteiger partial charge >= 0.3 is 5.97 Å². The molecule has 64 valence electrons. The Hall–Kier alpha value is -0.610. The van der Waals surface area contributed by atoms with Crippen molar-refractivity contribution in [2.75, 3.05) is 13.7 Å². The van der Waals surface area contributed by atoms with E-state index in [9.17, 15) is 4.79 Å². The van der Waals surface area contributed by atoms with Crippen LogP contribution in [0.4, 0.5) is 0 Å². The smallest absolute Gasteiger partial charge is 0.319 e. The first kappa shape index (κ1) is 8.49. The van der Waals surface area contributed by atoms with Gasteiger partial charge in [0.1, 0.15) is 0 Å². The van der Waals surface area contributed by atoms with Crippen LogP contribution in [0.3, 0.4) is 0 Å². The van der Waals surface area contributed by atoms with Crippen LogP contribution in [0.15, 0.2) is 0 Å². The van der Waals surface area contributed by atoms with Gasteiger partial charge in [0.25, 0.3) is 0 Å². The monoisotopic (exact) mass is 158 g/mol. The van der Waals surface area contributed by atoms with Crippen LogP contribution in [0, 0.1) is 0 Å². The summed E-state index contributed by atoms with van der Waals surface area (Å²) in [5.41, 5.74) is 5.55. The molecule has 4 nitrogen and oxygen atoms in total. The number of ether oxygens (including phenoxy) is 1. The van der Waals surface area contributed by atoms with E-state index >= 15 is 0 Å². The summed E-state index contributed by atoms with van der Waals surface area (Å²) in [5, 5.41) is 3.05. The number of carbonyl (C=O) groups excluding carboxylic acids is 1. The summed E-state index contributed by atoms with van der Waals surface area (Å²) < 4.78 is 4.46. The van der Waals surface area contributed by atoms with Gasteiger partial charge in [0.05, 0.1) is 13.7 Å². The van der Waals surface area contributed by atoms with Gasteiger partial charge in [-0.3, -0.25) is 4.79 Å². The van der Waals surface area contributed by atoms with Gasteiger partial charge in [-0.05, 0) is 12.8 Å². The van der Waals surface area contributed by atoms with Gasteiger partial charge in [-0.1, -0.05) is 0 Å². The predicted octanol–water partition coefficient (Wildman–Crippen LogP) is -0.761. The normalized spacial score (nSPS) is 29.3. The number of hydrogen-bond acceptors (Lipinski definition) is 4. The third kappa shape index (κ3) is 2.48. The molecular weight excluding hydrogens is 144 g/mol. The number of nitrogens with two attached hydrogens (primary N) is 1. The average molecular weight is 158 g/mol. The number of rotatable bonds is 3. The van der Waals surface area contributed by atoms with Crippen molar-refractivity contribution in [3.8, 4) is 0 Å². The van der Waals surface area contributed by atoms with Gasteiger partial charge in [-0.2, -0.15) is 0 Å². The molecule has 0 radical (unpaired) electrons. The summed E-state index contributed by atoms with van der Waals surface area (Å²) in [6, 6.07) is 0.745. The van der Waals surface area contributed by atoms with Crippen LogP contribution in [0.5, 0.6) is 0 Å². The van der Waals surface area contributed by atoms with Gasteiger partial charge in [0.2, 0.25) is 0 Å². The highest BCUT2D eigenvalue weighted by atomic mass is 16.5. The fourth-order valence-corrected chi connectivity index (χ4v) is 1.13. The fraction of sp³-hybridized carbons (Fsp3) is 0.857. The maximum atomic E-state index is 10.6. The molecule has 1 saturated carbocycles. The van der Waals surface area contributed by atoms with E-state index in [4.69, 9.17) is 5.73 Å². The van der Waals surface area contributed by atoms with Crippen LogP contribution in [-0.4, -0.2) is 31.7 Å². The van der Waals surface area contributed by atoms with Gasteiger partial charge in [0, 0.05) is 12.1 Å². The summed E-state index contributed by atoms with van der Waals surface area (Å²) >= 11 is 0. The Labute approximate surface area is 66.1 Å². The van der Waals surface area contributed by atoms with Crippen molar-refractivity contribution in [1.82, 2.24) is 5.32 Å². The van der Waals surface area contributed by atoms with E-state index in [0.29, 0.717) is 18.6 Å². The molecule has 0 aliphatic heterocycles. The average Bonchev–Trinajstić information content (AvgIpc) is 1.95. The van der Waals surface area contributed by atoms with E-state index in [0.717, 1.165) is 12.8 Å². The van der Waals surface area contributed by atoms with Crippen LogP contribution in [0.25, 0.3) is 0 Å². The Morgan fingerprint density at radius 1 is 1.73 bits per heavy atom. The highest BCUT2D eigenvalue weighted by molar-refractivity contribution is 5.71. The lowest BCUT2D eigenvalue weighted by Crippen LogP contribution is -2.49. The third-order valence-electron chi connectivity index (χ3n) is 1.94. The maximum absolute atomic E-state index is 10.6. The third-order valence-corrected chi connectivity index (χ3v) is 1.94. The molecule has 1 fully saturated rings. The molecule has 0 bridgehead atoms. The standard InChI is InChI=1S/C7H14N2O2/c1-11-7(10)4-9-6-2-5(8)3-6/h5-6,9H,2-4,8H2,1H3. The minimum atomic E-state index is -0.217. The Bertz CT molecular complexity index is 143. The van der Waals surface area contributed by atoms with Crippen LogP contribution in [0.2, 0.25) is 0 Å². The molecule has 0 aromatic carbocycles. The molecule has 0 heterocycles. The fourth-order valence-electron chi connectivity index (χ4n) is 1.13. The minimum absolute atomic E-state index is 0.217. The van der Waals surface area contributed by atoms with Gasteiger partial charge in [-0.25, -0.2) is 0 Å². The molecule has 11 heavy (non-hydrogen) atoms. The van der Waals surface area contributed by atoms with Crippen molar-refractivity contribution in [2.45, 2.75) is 24.9 Å². The SMILES string of the molecule is COC(=O)CNC1CC(N)C1. The van der Waals surface area contributed by atoms with E-state index in [-0.39, 0.29) is 5.97 Å². The van der Waals surface area contributed by atoms with Crippen LogP contribution in [-0.2, 0) is 9.53 Å². The van der Waals surface area contributed by atoms with E-state index in [1.807, 2.05) is 0 Å². The van der Waals surface area contributed by atoms with Gasteiger partial charge < -0.3 is 15.8 Å². The Morgan fingerprint density at radius 3 is 2.82 bits per heavy atom. The molecule has 0 spiro atoms. The number of methoxy groups -OCH3 is 1. The lowest BCUT2D eigenvalue weighted by molar-refractivity contribution is -0.139. The summed E-state index contributed by atoms with van der Waals surface area (Å²) in [7, 11) is 1.39. The van der Waals surface area contributed by atoms with E-state index < -0.39 is 0 Å². The molecule has 1 aliphatic carbocycles. The number of hydrogen-bond donors (Lipinski definition) is 2. The topological polar surface area (TPSA) is 64.3 Å². The first-order valence-corrected chi connectivity index (χ1v) is 3.78. The molecule has 4 heteroatoms. The van der Waals surface area contributed by atoms with Crippen LogP contribution in [0.1, 0.15) is 12.8 Å². The Kier molecular flexibility index (Phi) is 2.84. The zero-order valence-electron chi connectivity index (χ0n) is 6.67. The van der Waals surface area contributed by atoms with Crippen molar-refractivity contribution in [1.29, 1.82) is 0 Å². The largest absolute Gasteiger partial charge is 0.468 e. The number of carbonyl (C=O) groups is 1. The van der Waals surface area contributed by atoms with E-state index in [1.165, 1.54) is 7.11 Å². The Morgan fingerprint density at radius 2 is 2.36 bits per heavy atom. The molecule has 0 unspecified atom stereocenters. The lowest BCUT2D eigenvalue weighted by atomic mass is 9.88. The van der Waals surface area contributed by atoms with Crippen molar-refractivity contribution in [3.63, 3.8) is 0 Å². The number of nitrogens with one attached hydrogen (secondary N) is 1. The first-order chi connectivity index (χ1) is 5.22. The first-order valence-electron chi connectivity index (χ1n) is 3.78.